The van der Waals surface area contributed by atoms with Gasteiger partial charge in [-0.3, -0.25) is 9.63 Å². The first-order valence-corrected chi connectivity index (χ1v) is 14.3. The predicted molar refractivity (Wildman–Crippen MR) is 151 cm³/mol. The van der Waals surface area contributed by atoms with Crippen LogP contribution >= 0.6 is 31.2 Å². The molecule has 0 fully saturated rings. The van der Waals surface area contributed by atoms with Gasteiger partial charge in [0.05, 0.1) is 23.2 Å². The van der Waals surface area contributed by atoms with E-state index >= 15 is 0 Å². The van der Waals surface area contributed by atoms with E-state index < -0.39 is 13.7 Å². The molecular weight excluding hydrogens is 528 g/mol. The number of hydrogen-bond donors (Lipinski definition) is 0. The smallest absolute Gasteiger partial charge is 0.273 e. The molecule has 2 unspecified atom stereocenters. The maximum absolute atomic E-state index is 12.8. The third-order valence-electron chi connectivity index (χ3n) is 6.05. The van der Waals surface area contributed by atoms with Crippen molar-refractivity contribution < 1.29 is 18.7 Å². The molecule has 3 rings (SSSR count). The lowest BCUT2D eigenvalue weighted by Crippen LogP contribution is -2.30. The van der Waals surface area contributed by atoms with Gasteiger partial charge in [0.25, 0.3) is 0 Å². The topological polar surface area (TPSA) is 55.8 Å². The first kappa shape index (κ1) is 29.3. The Bertz CT molecular complexity index is 1200. The number of benzene rings is 3. The third kappa shape index (κ3) is 8.36. The van der Waals surface area contributed by atoms with Gasteiger partial charge in [-0.25, -0.2) is 5.06 Å². The number of amides is 1. The second-order valence-electron chi connectivity index (χ2n) is 9.05. The van der Waals surface area contributed by atoms with E-state index in [-0.39, 0.29) is 19.1 Å². The molecule has 0 aliphatic carbocycles. The average Bonchev–Trinajstić information content (AvgIpc) is 2.88. The maximum Gasteiger partial charge on any atom is 0.516 e. The highest BCUT2D eigenvalue weighted by molar-refractivity contribution is 7.39. The number of carbonyl (C=O) groups excluding carboxylic acids is 1. The Labute approximate surface area is 230 Å². The van der Waals surface area contributed by atoms with E-state index in [1.165, 1.54) is 17.6 Å². The summed E-state index contributed by atoms with van der Waals surface area (Å²) in [5.41, 5.74) is 4.80. The quantitative estimate of drug-likeness (QED) is 0.164. The summed E-state index contributed by atoms with van der Waals surface area (Å²) >= 11 is 12.2. The molecule has 3 aromatic carbocycles. The number of carbonyl (C=O) groups is 1. The van der Waals surface area contributed by atoms with E-state index in [0.29, 0.717) is 29.0 Å². The number of hydroxylamine groups is 2. The van der Waals surface area contributed by atoms with Gasteiger partial charge < -0.3 is 0 Å². The Morgan fingerprint density at radius 1 is 0.919 bits per heavy atom. The first-order chi connectivity index (χ1) is 17.7. The summed E-state index contributed by atoms with van der Waals surface area (Å²) in [5.74, 6) is 0.262. The van der Waals surface area contributed by atoms with Crippen molar-refractivity contribution in [2.24, 2.45) is 0 Å². The molecule has 0 heterocycles. The molecule has 0 bridgehead atoms. The molecule has 0 saturated carbocycles. The van der Waals surface area contributed by atoms with Gasteiger partial charge in [-0.15, -0.1) is 4.52 Å². The molecule has 8 heteroatoms. The normalized spacial score (nSPS) is 12.5. The number of hydrogen-bond acceptors (Lipinski definition) is 4. The zero-order valence-electron chi connectivity index (χ0n) is 21.6. The first-order valence-electron chi connectivity index (χ1n) is 12.3. The molecule has 37 heavy (non-hydrogen) atoms. The SMILES string of the molecule is CCO[P+](=O)C(CCN(OCc1ccc(-c2ccc(C(C)C)cc2)cc1)C(C)=O)c1ccc(Cl)c(Cl)c1. The van der Waals surface area contributed by atoms with Gasteiger partial charge in [0.2, 0.25) is 11.6 Å². The van der Waals surface area contributed by atoms with Crippen molar-refractivity contribution in [1.82, 2.24) is 5.06 Å². The lowest BCUT2D eigenvalue weighted by atomic mass is 9.98. The Morgan fingerprint density at radius 3 is 2.05 bits per heavy atom. The second-order valence-corrected chi connectivity index (χ2v) is 11.3. The van der Waals surface area contributed by atoms with Crippen molar-refractivity contribution in [1.29, 1.82) is 0 Å². The van der Waals surface area contributed by atoms with Crippen LogP contribution in [-0.4, -0.2) is 24.1 Å². The third-order valence-corrected chi connectivity index (χ3v) is 8.36. The van der Waals surface area contributed by atoms with Crippen molar-refractivity contribution in [2.75, 3.05) is 13.2 Å². The van der Waals surface area contributed by atoms with Crippen molar-refractivity contribution in [3.63, 3.8) is 0 Å². The second kappa shape index (κ2) is 14.0. The molecule has 196 valence electrons. The molecule has 0 aliphatic rings. The number of halogens is 2. The van der Waals surface area contributed by atoms with Gasteiger partial charge in [0.1, 0.15) is 6.61 Å². The number of rotatable bonds is 12. The van der Waals surface area contributed by atoms with Crippen LogP contribution in [0.15, 0.2) is 66.7 Å². The average molecular weight is 561 g/mol. The zero-order valence-corrected chi connectivity index (χ0v) is 24.0. The van der Waals surface area contributed by atoms with E-state index in [4.69, 9.17) is 32.6 Å². The summed E-state index contributed by atoms with van der Waals surface area (Å²) < 4.78 is 18.2. The highest BCUT2D eigenvalue weighted by atomic mass is 35.5. The Kier molecular flexibility index (Phi) is 11.1. The Morgan fingerprint density at radius 2 is 1.51 bits per heavy atom. The molecule has 0 aliphatic heterocycles. The van der Waals surface area contributed by atoms with Crippen LogP contribution in [-0.2, 0) is 25.3 Å². The summed E-state index contributed by atoms with van der Waals surface area (Å²) in [6, 6.07) is 21.8. The fourth-order valence-corrected chi connectivity index (χ4v) is 5.36. The molecule has 1 amide bonds. The fraction of sp³-hybridized carbons (Fsp3) is 0.345. The highest BCUT2D eigenvalue weighted by Gasteiger charge is 2.35. The van der Waals surface area contributed by atoms with Gasteiger partial charge in [0, 0.05) is 18.9 Å². The van der Waals surface area contributed by atoms with Gasteiger partial charge >= 0.3 is 8.03 Å². The van der Waals surface area contributed by atoms with Crippen LogP contribution in [0.4, 0.5) is 0 Å². The van der Waals surface area contributed by atoms with Crippen LogP contribution in [0.2, 0.25) is 10.0 Å². The Balaban J connectivity index is 1.64. The van der Waals surface area contributed by atoms with E-state index in [1.54, 1.807) is 25.1 Å². The van der Waals surface area contributed by atoms with Gasteiger partial charge in [-0.1, -0.05) is 91.6 Å². The Hall–Kier alpha value is -2.27. The van der Waals surface area contributed by atoms with E-state index in [0.717, 1.165) is 22.3 Å². The molecular formula is C29H33Cl2NO4P+. The van der Waals surface area contributed by atoms with Crippen molar-refractivity contribution >= 4 is 37.1 Å². The molecule has 0 N–H and O–H groups in total. The molecule has 0 radical (unpaired) electrons. The van der Waals surface area contributed by atoms with Crippen LogP contribution in [0.25, 0.3) is 11.1 Å². The van der Waals surface area contributed by atoms with Crippen molar-refractivity contribution in [2.45, 2.75) is 52.3 Å². The molecule has 2 atom stereocenters. The van der Waals surface area contributed by atoms with Gasteiger partial charge in [0.15, 0.2) is 0 Å². The summed E-state index contributed by atoms with van der Waals surface area (Å²) in [6.07, 6.45) is 0.373. The van der Waals surface area contributed by atoms with Crippen molar-refractivity contribution in [3.8, 4) is 11.1 Å². The molecule has 3 aromatic rings. The lowest BCUT2D eigenvalue weighted by Gasteiger charge is -2.21. The molecule has 0 aromatic heterocycles. The fourth-order valence-electron chi connectivity index (χ4n) is 3.89. The zero-order chi connectivity index (χ0) is 26.9. The minimum absolute atomic E-state index is 0.235. The van der Waals surface area contributed by atoms with Crippen LogP contribution in [0.3, 0.4) is 0 Å². The molecule has 0 saturated heterocycles. The molecule has 0 spiro atoms. The highest BCUT2D eigenvalue weighted by Crippen LogP contribution is 2.45. The van der Waals surface area contributed by atoms with E-state index in [1.807, 2.05) is 24.3 Å². The molecule has 5 nitrogen and oxygen atoms in total. The lowest BCUT2D eigenvalue weighted by molar-refractivity contribution is -0.189. The minimum Gasteiger partial charge on any atom is -0.273 e. The van der Waals surface area contributed by atoms with E-state index in [9.17, 15) is 9.36 Å². The van der Waals surface area contributed by atoms with Crippen LogP contribution in [0.5, 0.6) is 0 Å². The van der Waals surface area contributed by atoms with Gasteiger partial charge in [-0.05, 0) is 51.8 Å². The van der Waals surface area contributed by atoms with Crippen LogP contribution in [0, 0.1) is 0 Å². The minimum atomic E-state index is -2.02. The summed E-state index contributed by atoms with van der Waals surface area (Å²) in [6.45, 7) is 8.39. The maximum atomic E-state index is 12.8. The standard InChI is InChI=1S/C29H33Cl2NO4P/c1-5-36-37(34)29(26-14-15-27(30)28(31)18-26)16-17-32(21(4)33)35-19-22-6-8-24(9-7-22)25-12-10-23(11-13-25)20(2)3/h6-15,18,20,29H,5,16-17,19H2,1-4H3/q+1. The summed E-state index contributed by atoms with van der Waals surface area (Å²) in [7, 11) is -2.02. The monoisotopic (exact) mass is 560 g/mol. The van der Waals surface area contributed by atoms with Crippen LogP contribution < -0.4 is 0 Å². The summed E-state index contributed by atoms with van der Waals surface area (Å²) in [5, 5.41) is 2.10. The van der Waals surface area contributed by atoms with Crippen LogP contribution in [0.1, 0.15) is 62.4 Å². The largest absolute Gasteiger partial charge is 0.516 e. The number of nitrogens with zero attached hydrogens (tertiary/aromatic N) is 1. The van der Waals surface area contributed by atoms with E-state index in [2.05, 4.69) is 38.1 Å². The predicted octanol–water partition coefficient (Wildman–Crippen LogP) is 8.97. The van der Waals surface area contributed by atoms with Crippen molar-refractivity contribution in [3.05, 3.63) is 93.5 Å². The summed E-state index contributed by atoms with van der Waals surface area (Å²) in [4.78, 5) is 18.1. The van der Waals surface area contributed by atoms with Gasteiger partial charge in [-0.2, -0.15) is 0 Å².